The molecule has 0 bridgehead atoms. The van der Waals surface area contributed by atoms with Crippen LogP contribution in [-0.2, 0) is 6.42 Å². The minimum Gasteiger partial charge on any atom is -0.336 e. The van der Waals surface area contributed by atoms with Gasteiger partial charge in [0.15, 0.2) is 5.69 Å². The summed E-state index contributed by atoms with van der Waals surface area (Å²) < 4.78 is 1.75. The molecular formula is C22H22N4O2. The fraction of sp³-hybridized carbons (Fsp3) is 0.318. The van der Waals surface area contributed by atoms with E-state index in [-0.39, 0.29) is 11.8 Å². The number of likely N-dealkylation sites (tertiary alicyclic amines) is 1. The predicted octanol–water partition coefficient (Wildman–Crippen LogP) is 3.16. The van der Waals surface area contributed by atoms with Gasteiger partial charge in [-0.25, -0.2) is 4.98 Å². The zero-order valence-electron chi connectivity index (χ0n) is 15.7. The molecule has 0 saturated carbocycles. The topological polar surface area (TPSA) is 57.9 Å². The summed E-state index contributed by atoms with van der Waals surface area (Å²) in [7, 11) is 0. The van der Waals surface area contributed by atoms with E-state index in [1.165, 1.54) is 5.56 Å². The van der Waals surface area contributed by atoms with Gasteiger partial charge >= 0.3 is 0 Å². The minimum atomic E-state index is -0.142. The van der Waals surface area contributed by atoms with Crippen LogP contribution in [-0.4, -0.2) is 45.7 Å². The molecule has 1 aromatic carbocycles. The number of imidazole rings is 1. The van der Waals surface area contributed by atoms with Crippen LogP contribution in [0.1, 0.15) is 45.9 Å². The Morgan fingerprint density at radius 3 is 2.50 bits per heavy atom. The number of hydrogen-bond acceptors (Lipinski definition) is 3. The Labute approximate surface area is 163 Å². The Kier molecular flexibility index (Phi) is 4.11. The maximum Gasteiger partial charge on any atom is 0.290 e. The molecule has 28 heavy (non-hydrogen) atoms. The van der Waals surface area contributed by atoms with Gasteiger partial charge in [0.05, 0.1) is 5.52 Å². The molecule has 1 fully saturated rings. The second-order valence-electron chi connectivity index (χ2n) is 7.43. The molecule has 0 unspecified atom stereocenters. The summed E-state index contributed by atoms with van der Waals surface area (Å²) in [6, 6.07) is 13.6. The van der Waals surface area contributed by atoms with E-state index < -0.39 is 0 Å². The number of para-hydroxylation sites is 1. The summed E-state index contributed by atoms with van der Waals surface area (Å²) >= 11 is 0. The molecule has 4 heterocycles. The van der Waals surface area contributed by atoms with Gasteiger partial charge in [0.25, 0.3) is 11.8 Å². The fourth-order valence-corrected chi connectivity index (χ4v) is 4.28. The molecule has 2 aromatic heterocycles. The number of rotatable bonds is 2. The van der Waals surface area contributed by atoms with Gasteiger partial charge in [-0.15, -0.1) is 0 Å². The number of aryl methyl sites for hydroxylation is 1. The summed E-state index contributed by atoms with van der Waals surface area (Å²) in [5.41, 5.74) is 3.15. The van der Waals surface area contributed by atoms with Crippen LogP contribution in [0.25, 0.3) is 5.52 Å². The molecule has 0 spiro atoms. The van der Waals surface area contributed by atoms with E-state index in [2.05, 4.69) is 11.1 Å². The quantitative estimate of drug-likeness (QED) is 0.692. The van der Waals surface area contributed by atoms with Gasteiger partial charge < -0.3 is 9.80 Å². The molecule has 2 amide bonds. The number of carbonyl (C=O) groups is 2. The van der Waals surface area contributed by atoms with Crippen molar-refractivity contribution in [2.45, 2.75) is 25.7 Å². The molecule has 5 rings (SSSR count). The van der Waals surface area contributed by atoms with Gasteiger partial charge in [0.2, 0.25) is 5.82 Å². The van der Waals surface area contributed by atoms with Crippen molar-refractivity contribution in [1.29, 1.82) is 0 Å². The number of fused-ring (bicyclic) bond motifs is 2. The Bertz CT molecular complexity index is 1070. The van der Waals surface area contributed by atoms with Crippen molar-refractivity contribution >= 4 is 23.0 Å². The molecule has 0 aliphatic carbocycles. The standard InChI is InChI=1S/C22H22N4O2/c27-21(26-15-7-9-16-8-1-2-10-17(16)26)19-18-11-3-4-14-25(18)20(23-19)22(28)24-12-5-6-13-24/h1-4,8,10-11,14H,5-7,9,12-13,15H2. The van der Waals surface area contributed by atoms with E-state index >= 15 is 0 Å². The highest BCUT2D eigenvalue weighted by atomic mass is 16.2. The molecule has 6 heteroatoms. The van der Waals surface area contributed by atoms with Gasteiger partial charge in [-0.05, 0) is 49.4 Å². The second kappa shape index (κ2) is 6.78. The molecule has 2 aliphatic rings. The number of aromatic nitrogens is 2. The number of hydrogen-bond donors (Lipinski definition) is 0. The van der Waals surface area contributed by atoms with E-state index in [0.717, 1.165) is 44.5 Å². The zero-order chi connectivity index (χ0) is 19.1. The SMILES string of the molecule is O=C(c1nc(C(=O)N2CCCc3ccccc32)c2ccccn12)N1CCCC1. The molecule has 1 saturated heterocycles. The lowest BCUT2D eigenvalue weighted by Gasteiger charge is -2.28. The van der Waals surface area contributed by atoms with E-state index in [0.29, 0.717) is 23.6 Å². The highest BCUT2D eigenvalue weighted by molar-refractivity contribution is 6.10. The van der Waals surface area contributed by atoms with Crippen molar-refractivity contribution in [1.82, 2.24) is 14.3 Å². The maximum absolute atomic E-state index is 13.5. The van der Waals surface area contributed by atoms with Gasteiger partial charge in [0, 0.05) is 31.5 Å². The van der Waals surface area contributed by atoms with Gasteiger partial charge in [0.1, 0.15) is 0 Å². The van der Waals surface area contributed by atoms with Crippen LogP contribution in [0, 0.1) is 0 Å². The molecule has 142 valence electrons. The van der Waals surface area contributed by atoms with Crippen LogP contribution in [0.5, 0.6) is 0 Å². The second-order valence-corrected chi connectivity index (χ2v) is 7.43. The Morgan fingerprint density at radius 2 is 1.64 bits per heavy atom. The van der Waals surface area contributed by atoms with E-state index in [4.69, 9.17) is 0 Å². The van der Waals surface area contributed by atoms with E-state index in [1.807, 2.05) is 47.5 Å². The largest absolute Gasteiger partial charge is 0.336 e. The lowest BCUT2D eigenvalue weighted by molar-refractivity contribution is 0.0780. The van der Waals surface area contributed by atoms with Crippen molar-refractivity contribution in [3.63, 3.8) is 0 Å². The Balaban J connectivity index is 1.58. The third kappa shape index (κ3) is 2.68. The van der Waals surface area contributed by atoms with Crippen LogP contribution in [0.3, 0.4) is 0 Å². The third-order valence-corrected chi connectivity index (χ3v) is 5.69. The van der Waals surface area contributed by atoms with Crippen molar-refractivity contribution in [3.8, 4) is 0 Å². The summed E-state index contributed by atoms with van der Waals surface area (Å²) in [5.74, 6) is 0.0826. The molecule has 2 aliphatic heterocycles. The first kappa shape index (κ1) is 17.0. The number of amides is 2. The smallest absolute Gasteiger partial charge is 0.290 e. The van der Waals surface area contributed by atoms with Crippen molar-refractivity contribution in [2.24, 2.45) is 0 Å². The highest BCUT2D eigenvalue weighted by Gasteiger charge is 2.30. The lowest BCUT2D eigenvalue weighted by atomic mass is 10.0. The number of anilines is 1. The fourth-order valence-electron chi connectivity index (χ4n) is 4.28. The summed E-state index contributed by atoms with van der Waals surface area (Å²) in [5, 5.41) is 0. The Hall–Kier alpha value is -3.15. The zero-order valence-corrected chi connectivity index (χ0v) is 15.7. The first-order valence-corrected chi connectivity index (χ1v) is 9.90. The molecule has 3 aromatic rings. The first-order valence-electron chi connectivity index (χ1n) is 9.90. The minimum absolute atomic E-state index is 0.100. The average Bonchev–Trinajstić information content (AvgIpc) is 3.41. The third-order valence-electron chi connectivity index (χ3n) is 5.69. The lowest BCUT2D eigenvalue weighted by Crippen LogP contribution is -2.36. The molecule has 6 nitrogen and oxygen atoms in total. The van der Waals surface area contributed by atoms with Crippen LogP contribution >= 0.6 is 0 Å². The summed E-state index contributed by atoms with van der Waals surface area (Å²) in [4.78, 5) is 34.6. The average molecular weight is 374 g/mol. The number of pyridine rings is 1. The molecule has 0 atom stereocenters. The predicted molar refractivity (Wildman–Crippen MR) is 107 cm³/mol. The highest BCUT2D eigenvalue weighted by Crippen LogP contribution is 2.29. The van der Waals surface area contributed by atoms with Gasteiger partial charge in [-0.3, -0.25) is 14.0 Å². The number of carbonyl (C=O) groups excluding carboxylic acids is 2. The summed E-state index contributed by atoms with van der Waals surface area (Å²) in [6.45, 7) is 2.17. The van der Waals surface area contributed by atoms with Crippen molar-refractivity contribution in [3.05, 3.63) is 65.7 Å². The van der Waals surface area contributed by atoms with E-state index in [9.17, 15) is 9.59 Å². The van der Waals surface area contributed by atoms with Crippen LogP contribution in [0.2, 0.25) is 0 Å². The monoisotopic (exact) mass is 374 g/mol. The van der Waals surface area contributed by atoms with Crippen LogP contribution in [0.4, 0.5) is 5.69 Å². The van der Waals surface area contributed by atoms with Gasteiger partial charge in [-0.2, -0.15) is 0 Å². The molecular weight excluding hydrogens is 352 g/mol. The van der Waals surface area contributed by atoms with Crippen LogP contribution < -0.4 is 4.90 Å². The van der Waals surface area contributed by atoms with Crippen LogP contribution in [0.15, 0.2) is 48.7 Å². The summed E-state index contributed by atoms with van der Waals surface area (Å²) in [6.07, 6.45) is 5.75. The molecule has 0 N–H and O–H groups in total. The number of benzene rings is 1. The first-order chi connectivity index (χ1) is 13.7. The van der Waals surface area contributed by atoms with Crippen molar-refractivity contribution < 1.29 is 9.59 Å². The molecule has 0 radical (unpaired) electrons. The van der Waals surface area contributed by atoms with E-state index in [1.54, 1.807) is 9.30 Å². The number of nitrogens with zero attached hydrogens (tertiary/aromatic N) is 4. The van der Waals surface area contributed by atoms with Gasteiger partial charge in [-0.1, -0.05) is 24.3 Å². The normalized spacial score (nSPS) is 16.4. The Morgan fingerprint density at radius 1 is 0.857 bits per heavy atom. The van der Waals surface area contributed by atoms with Crippen molar-refractivity contribution in [2.75, 3.05) is 24.5 Å². The maximum atomic E-state index is 13.5.